The summed E-state index contributed by atoms with van der Waals surface area (Å²) >= 11 is 3.47. The van der Waals surface area contributed by atoms with Gasteiger partial charge in [-0.2, -0.15) is 0 Å². The number of hydrogen-bond acceptors (Lipinski definition) is 4. The van der Waals surface area contributed by atoms with E-state index in [9.17, 15) is 9.90 Å². The fraction of sp³-hybridized carbons (Fsp3) is 0.200. The van der Waals surface area contributed by atoms with Gasteiger partial charge in [-0.05, 0) is 60.9 Å². The molecule has 1 amide bonds. The van der Waals surface area contributed by atoms with Gasteiger partial charge in [0.1, 0.15) is 11.3 Å². The van der Waals surface area contributed by atoms with E-state index in [1.807, 2.05) is 48.5 Å². The molecule has 1 aliphatic rings. The number of halogens is 1. The molecule has 0 bridgehead atoms. The Morgan fingerprint density at radius 3 is 2.52 bits per heavy atom. The maximum absolute atomic E-state index is 13.5. The van der Waals surface area contributed by atoms with Gasteiger partial charge in [0.15, 0.2) is 5.58 Å². The fourth-order valence-corrected chi connectivity index (χ4v) is 4.68. The summed E-state index contributed by atoms with van der Waals surface area (Å²) in [4.78, 5) is 17.9. The highest BCUT2D eigenvalue weighted by molar-refractivity contribution is 9.10. The molecule has 2 N–H and O–H groups in total. The minimum atomic E-state index is -0.545. The lowest BCUT2D eigenvalue weighted by Gasteiger charge is -2.28. The minimum Gasteiger partial charge on any atom is -0.507 e. The zero-order valence-corrected chi connectivity index (χ0v) is 18.4. The van der Waals surface area contributed by atoms with Crippen LogP contribution in [0.4, 0.5) is 5.69 Å². The number of aromatic hydroxyl groups is 1. The number of phenolic OH excluding ortho intramolecular Hbond substituents is 1. The van der Waals surface area contributed by atoms with Gasteiger partial charge in [0.25, 0.3) is 0 Å². The molecule has 0 saturated heterocycles. The maximum Gasteiger partial charge on any atom is 0.235 e. The lowest BCUT2D eigenvalue weighted by molar-refractivity contribution is -0.121. The third-order valence-electron chi connectivity index (χ3n) is 6.07. The average Bonchev–Trinajstić information content (AvgIpc) is 3.43. The largest absolute Gasteiger partial charge is 0.507 e. The number of hydrogen-bond donors (Lipinski definition) is 2. The first-order valence-corrected chi connectivity index (χ1v) is 11.1. The van der Waals surface area contributed by atoms with E-state index in [1.54, 1.807) is 18.2 Å². The monoisotopic (exact) mass is 476 g/mol. The molecular formula is C25H21BrN2O3. The number of carbonyl (C=O) groups excluding carboxylic acids is 1. The van der Waals surface area contributed by atoms with E-state index in [1.165, 1.54) is 0 Å². The summed E-state index contributed by atoms with van der Waals surface area (Å²) in [6.45, 7) is 0. The molecule has 1 heterocycles. The van der Waals surface area contributed by atoms with Crippen molar-refractivity contribution in [3.8, 4) is 17.2 Å². The predicted molar refractivity (Wildman–Crippen MR) is 124 cm³/mol. The van der Waals surface area contributed by atoms with Crippen LogP contribution in [0.25, 0.3) is 22.6 Å². The highest BCUT2D eigenvalue weighted by atomic mass is 79.9. The fourth-order valence-electron chi connectivity index (χ4n) is 4.42. The van der Waals surface area contributed by atoms with Crippen LogP contribution in [-0.2, 0) is 10.2 Å². The van der Waals surface area contributed by atoms with Crippen LogP contribution in [0.3, 0.4) is 0 Å². The first-order valence-electron chi connectivity index (χ1n) is 10.3. The van der Waals surface area contributed by atoms with Gasteiger partial charge in [-0.15, -0.1) is 0 Å². The Kier molecular flexibility index (Phi) is 5.02. The number of benzene rings is 3. The zero-order chi connectivity index (χ0) is 21.4. The molecule has 5 nitrogen and oxygen atoms in total. The van der Waals surface area contributed by atoms with Crippen LogP contribution in [0.5, 0.6) is 5.75 Å². The molecule has 0 atom stereocenters. The highest BCUT2D eigenvalue weighted by Crippen LogP contribution is 2.43. The number of fused-ring (bicyclic) bond motifs is 1. The van der Waals surface area contributed by atoms with Crippen molar-refractivity contribution in [3.63, 3.8) is 0 Å². The second-order valence-electron chi connectivity index (χ2n) is 7.97. The summed E-state index contributed by atoms with van der Waals surface area (Å²) in [5.41, 5.74) is 2.89. The molecule has 31 heavy (non-hydrogen) atoms. The van der Waals surface area contributed by atoms with Crippen molar-refractivity contribution in [2.24, 2.45) is 0 Å². The Morgan fingerprint density at radius 1 is 1.03 bits per heavy atom. The second-order valence-corrected chi connectivity index (χ2v) is 8.88. The van der Waals surface area contributed by atoms with Crippen LogP contribution < -0.4 is 5.32 Å². The van der Waals surface area contributed by atoms with E-state index in [4.69, 9.17) is 4.42 Å². The van der Waals surface area contributed by atoms with Gasteiger partial charge >= 0.3 is 0 Å². The molecule has 6 heteroatoms. The van der Waals surface area contributed by atoms with Gasteiger partial charge in [-0.25, -0.2) is 4.98 Å². The van der Waals surface area contributed by atoms with E-state index in [-0.39, 0.29) is 11.7 Å². The van der Waals surface area contributed by atoms with E-state index in [0.717, 1.165) is 35.7 Å². The Bertz CT molecular complexity index is 1220. The van der Waals surface area contributed by atoms with Crippen molar-refractivity contribution >= 4 is 38.6 Å². The lowest BCUT2D eigenvalue weighted by Crippen LogP contribution is -2.38. The van der Waals surface area contributed by atoms with Crippen molar-refractivity contribution in [3.05, 3.63) is 76.8 Å². The van der Waals surface area contributed by atoms with Crippen LogP contribution in [0.15, 0.2) is 75.6 Å². The van der Waals surface area contributed by atoms with Crippen molar-refractivity contribution < 1.29 is 14.3 Å². The number of nitrogens with zero attached hydrogens (tertiary/aromatic N) is 1. The molecule has 0 spiro atoms. The van der Waals surface area contributed by atoms with Crippen LogP contribution in [0, 0.1) is 0 Å². The van der Waals surface area contributed by atoms with E-state index < -0.39 is 5.41 Å². The van der Waals surface area contributed by atoms with Crippen molar-refractivity contribution in [1.29, 1.82) is 0 Å². The quantitative estimate of drug-likeness (QED) is 0.333. The number of nitrogens with one attached hydrogen (secondary N) is 1. The first-order chi connectivity index (χ1) is 15.0. The Labute approximate surface area is 188 Å². The Balaban J connectivity index is 1.47. The third kappa shape index (κ3) is 3.61. The van der Waals surface area contributed by atoms with E-state index in [0.29, 0.717) is 28.2 Å². The molecule has 5 rings (SSSR count). The molecule has 3 aromatic carbocycles. The summed E-state index contributed by atoms with van der Waals surface area (Å²) in [5, 5.41) is 13.5. The number of oxazole rings is 1. The van der Waals surface area contributed by atoms with Crippen LogP contribution >= 0.6 is 15.9 Å². The average molecular weight is 477 g/mol. The topological polar surface area (TPSA) is 75.4 Å². The summed E-state index contributed by atoms with van der Waals surface area (Å²) in [7, 11) is 0. The lowest BCUT2D eigenvalue weighted by atomic mass is 9.78. The molecule has 1 saturated carbocycles. The smallest absolute Gasteiger partial charge is 0.235 e. The number of anilines is 1. The van der Waals surface area contributed by atoms with Crippen molar-refractivity contribution in [2.45, 2.75) is 31.1 Å². The zero-order valence-electron chi connectivity index (χ0n) is 16.8. The van der Waals surface area contributed by atoms with E-state index in [2.05, 4.69) is 26.2 Å². The number of phenols is 1. The molecular weight excluding hydrogens is 456 g/mol. The van der Waals surface area contributed by atoms with Gasteiger partial charge in [0.05, 0.1) is 11.0 Å². The summed E-state index contributed by atoms with van der Waals surface area (Å²) in [6.07, 6.45) is 3.67. The normalized spacial score (nSPS) is 15.3. The Morgan fingerprint density at radius 2 is 1.77 bits per heavy atom. The van der Waals surface area contributed by atoms with Gasteiger partial charge in [0, 0.05) is 10.2 Å². The predicted octanol–water partition coefficient (Wildman–Crippen LogP) is 6.41. The number of carbonyl (C=O) groups is 1. The number of aromatic nitrogens is 1. The second kappa shape index (κ2) is 7.85. The molecule has 0 aliphatic heterocycles. The van der Waals surface area contributed by atoms with Crippen molar-refractivity contribution in [2.75, 3.05) is 5.32 Å². The number of para-hydroxylation sites is 2. The van der Waals surface area contributed by atoms with Crippen LogP contribution in [0.1, 0.15) is 31.2 Å². The SMILES string of the molecule is O=C(Nc1ccc(O)c(-c2nc3ccccc3o2)c1)C1(c2ccc(Br)cc2)CCCC1. The summed E-state index contributed by atoms with van der Waals surface area (Å²) < 4.78 is 6.80. The molecule has 1 aliphatic carbocycles. The van der Waals surface area contributed by atoms with E-state index >= 15 is 0 Å². The highest BCUT2D eigenvalue weighted by Gasteiger charge is 2.42. The minimum absolute atomic E-state index is 0.0264. The van der Waals surface area contributed by atoms with Crippen LogP contribution in [0.2, 0.25) is 0 Å². The number of amides is 1. The number of rotatable bonds is 4. The molecule has 4 aromatic rings. The third-order valence-corrected chi connectivity index (χ3v) is 6.60. The molecule has 1 aromatic heterocycles. The van der Waals surface area contributed by atoms with Gasteiger partial charge in [-0.1, -0.05) is 53.0 Å². The van der Waals surface area contributed by atoms with Crippen LogP contribution in [-0.4, -0.2) is 16.0 Å². The maximum atomic E-state index is 13.5. The van der Waals surface area contributed by atoms with Gasteiger partial charge < -0.3 is 14.8 Å². The molecule has 156 valence electrons. The molecule has 0 radical (unpaired) electrons. The Hall–Kier alpha value is -3.12. The summed E-state index contributed by atoms with van der Waals surface area (Å²) in [5.74, 6) is 0.341. The molecule has 0 unspecified atom stereocenters. The summed E-state index contributed by atoms with van der Waals surface area (Å²) in [6, 6.07) is 20.4. The van der Waals surface area contributed by atoms with Crippen molar-refractivity contribution in [1.82, 2.24) is 4.98 Å². The van der Waals surface area contributed by atoms with Gasteiger partial charge in [-0.3, -0.25) is 4.79 Å². The first kappa shape index (κ1) is 19.8. The standard InChI is InChI=1S/C25H21BrN2O3/c26-17-9-7-16(8-10-17)25(13-3-4-14-25)24(30)27-18-11-12-21(29)19(15-18)23-28-20-5-1-2-6-22(20)31-23/h1-2,5-12,15,29H,3-4,13-14H2,(H,27,30). The molecule has 1 fully saturated rings. The van der Waals surface area contributed by atoms with Gasteiger partial charge in [0.2, 0.25) is 11.8 Å².